The normalized spacial score (nSPS) is 11.7. The van der Waals surface area contributed by atoms with Gasteiger partial charge in [-0.25, -0.2) is 0 Å². The summed E-state index contributed by atoms with van der Waals surface area (Å²) in [6.07, 6.45) is 0. The van der Waals surface area contributed by atoms with Crippen LogP contribution >= 0.6 is 0 Å². The van der Waals surface area contributed by atoms with Gasteiger partial charge in [-0.05, 0) is 190 Å². The van der Waals surface area contributed by atoms with Crippen LogP contribution in [-0.2, 0) is 0 Å². The minimum absolute atomic E-state index is 0.644. The van der Waals surface area contributed by atoms with Crippen molar-refractivity contribution in [3.8, 4) is 73.7 Å². The van der Waals surface area contributed by atoms with Gasteiger partial charge in [-0.15, -0.1) is 0 Å². The zero-order valence-corrected chi connectivity index (χ0v) is 43.0. The molecule has 370 valence electrons. The third-order valence-electron chi connectivity index (χ3n) is 16.3. The number of nitriles is 2. The second kappa shape index (κ2) is 17.7. The predicted molar refractivity (Wildman–Crippen MR) is 328 cm³/mol. The highest BCUT2D eigenvalue weighted by Gasteiger charge is 2.21. The van der Waals surface area contributed by atoms with Gasteiger partial charge in [0.25, 0.3) is 0 Å². The number of rotatable bonds is 7. The SMILES string of the molecule is N#Cc1ccc(-c2ccc3c(c2)c2cc(-c4ccc5c(c4)c4cc(-c6ccc7c(c6)c6cc(-c8ccc(C#N)cc8)ccc6n7-c6ccccc6)ccc4n5-c4ccc5oc6ccccc6c5c4)ccc2n3-c2ccccc2)cc1. The zero-order valence-electron chi connectivity index (χ0n) is 43.0. The third kappa shape index (κ3) is 7.04. The molecule has 0 N–H and O–H groups in total. The van der Waals surface area contributed by atoms with Gasteiger partial charge >= 0.3 is 0 Å². The molecule has 0 atom stereocenters. The second-order valence-electron chi connectivity index (χ2n) is 20.7. The first-order chi connectivity index (χ1) is 39.5. The largest absolute Gasteiger partial charge is 0.456 e. The Labute approximate surface area is 459 Å². The number of benzene rings is 12. The van der Waals surface area contributed by atoms with Crippen LogP contribution < -0.4 is 0 Å². The molecular weight excluding hydrogens is 975 g/mol. The monoisotopic (exact) mass is 1020 g/mol. The van der Waals surface area contributed by atoms with Gasteiger partial charge in [-0.2, -0.15) is 10.5 Å². The molecule has 0 unspecified atom stereocenters. The smallest absolute Gasteiger partial charge is 0.135 e. The Morgan fingerprint density at radius 3 is 0.925 bits per heavy atom. The Kier molecular flexibility index (Phi) is 9.96. The van der Waals surface area contributed by atoms with Crippen molar-refractivity contribution in [1.29, 1.82) is 10.5 Å². The van der Waals surface area contributed by atoms with Crippen LogP contribution in [0.3, 0.4) is 0 Å². The van der Waals surface area contributed by atoms with Crippen molar-refractivity contribution in [2.75, 3.05) is 0 Å². The molecule has 0 saturated carbocycles. The molecule has 0 aliphatic heterocycles. The van der Waals surface area contributed by atoms with E-state index < -0.39 is 0 Å². The lowest BCUT2D eigenvalue weighted by molar-refractivity contribution is 0.669. The highest BCUT2D eigenvalue weighted by atomic mass is 16.3. The van der Waals surface area contributed by atoms with E-state index in [1.807, 2.05) is 60.7 Å². The lowest BCUT2D eigenvalue weighted by atomic mass is 9.97. The lowest BCUT2D eigenvalue weighted by Gasteiger charge is -2.10. The van der Waals surface area contributed by atoms with E-state index in [9.17, 15) is 10.5 Å². The highest BCUT2D eigenvalue weighted by Crippen LogP contribution is 2.43. The summed E-state index contributed by atoms with van der Waals surface area (Å²) in [7, 11) is 0. The maximum absolute atomic E-state index is 9.55. The van der Waals surface area contributed by atoms with Gasteiger partial charge in [-0.1, -0.05) is 115 Å². The van der Waals surface area contributed by atoms with Gasteiger partial charge in [0.2, 0.25) is 0 Å². The minimum atomic E-state index is 0.644. The molecule has 0 aliphatic carbocycles. The molecule has 0 radical (unpaired) electrons. The van der Waals surface area contributed by atoms with Gasteiger partial charge in [0.15, 0.2) is 0 Å². The first-order valence-electron chi connectivity index (χ1n) is 26.8. The van der Waals surface area contributed by atoms with E-state index in [1.165, 1.54) is 0 Å². The van der Waals surface area contributed by atoms with Crippen molar-refractivity contribution in [1.82, 2.24) is 13.7 Å². The van der Waals surface area contributed by atoms with E-state index >= 15 is 0 Å². The Morgan fingerprint density at radius 1 is 0.237 bits per heavy atom. The molecule has 0 spiro atoms. The molecule has 12 aromatic carbocycles. The number of hydrogen-bond donors (Lipinski definition) is 0. The molecule has 4 aromatic heterocycles. The minimum Gasteiger partial charge on any atom is -0.456 e. The van der Waals surface area contributed by atoms with Crippen molar-refractivity contribution in [3.63, 3.8) is 0 Å². The quantitative estimate of drug-likeness (QED) is 0.160. The van der Waals surface area contributed by atoms with Crippen LogP contribution in [0.25, 0.3) is 149 Å². The maximum Gasteiger partial charge on any atom is 0.135 e. The molecule has 16 rings (SSSR count). The van der Waals surface area contributed by atoms with E-state index in [-0.39, 0.29) is 0 Å². The summed E-state index contributed by atoms with van der Waals surface area (Å²) in [5.41, 5.74) is 21.9. The van der Waals surface area contributed by atoms with Gasteiger partial charge < -0.3 is 18.1 Å². The average Bonchev–Trinajstić information content (AvgIpc) is 4.46. The first kappa shape index (κ1) is 45.1. The molecule has 0 aliphatic rings. The summed E-state index contributed by atoms with van der Waals surface area (Å²) >= 11 is 0. The summed E-state index contributed by atoms with van der Waals surface area (Å²) in [5.74, 6) is 0. The number of para-hydroxylation sites is 3. The number of fused-ring (bicyclic) bond motifs is 12. The molecule has 0 amide bonds. The predicted octanol–water partition coefficient (Wildman–Crippen LogP) is 19.3. The van der Waals surface area contributed by atoms with Gasteiger partial charge in [0.05, 0.1) is 56.4 Å². The highest BCUT2D eigenvalue weighted by molar-refractivity contribution is 6.16. The van der Waals surface area contributed by atoms with E-state index in [0.717, 1.165) is 149 Å². The van der Waals surface area contributed by atoms with Crippen LogP contribution in [0.1, 0.15) is 11.1 Å². The Hall–Kier alpha value is -11.2. The van der Waals surface area contributed by atoms with E-state index in [1.54, 1.807) is 0 Å². The molecule has 6 heteroatoms. The fourth-order valence-corrected chi connectivity index (χ4v) is 12.5. The number of hydrogen-bond acceptors (Lipinski definition) is 3. The van der Waals surface area contributed by atoms with Gasteiger partial charge in [0.1, 0.15) is 11.2 Å². The fraction of sp³-hybridized carbons (Fsp3) is 0. The molecule has 0 saturated heterocycles. The summed E-state index contributed by atoms with van der Waals surface area (Å²) in [6.45, 7) is 0. The molecule has 80 heavy (non-hydrogen) atoms. The van der Waals surface area contributed by atoms with E-state index in [4.69, 9.17) is 4.42 Å². The van der Waals surface area contributed by atoms with Crippen LogP contribution in [0.2, 0.25) is 0 Å². The summed E-state index contributed by atoms with van der Waals surface area (Å²) < 4.78 is 13.5. The molecule has 4 heterocycles. The lowest BCUT2D eigenvalue weighted by Crippen LogP contribution is -1.94. The molecule has 6 nitrogen and oxygen atoms in total. The average molecular weight is 1020 g/mol. The number of aromatic nitrogens is 3. The van der Waals surface area contributed by atoms with Crippen molar-refractivity contribution >= 4 is 87.4 Å². The summed E-state index contributed by atoms with van der Waals surface area (Å²) in [5, 5.41) is 28.2. The second-order valence-corrected chi connectivity index (χ2v) is 20.7. The Bertz CT molecular complexity index is 5020. The molecular formula is C74H43N5O. The van der Waals surface area contributed by atoms with Crippen molar-refractivity contribution in [2.24, 2.45) is 0 Å². The molecule has 0 bridgehead atoms. The van der Waals surface area contributed by atoms with Gasteiger partial charge in [0, 0.05) is 60.2 Å². The molecule has 0 fully saturated rings. The zero-order chi connectivity index (χ0) is 53.0. The van der Waals surface area contributed by atoms with Crippen molar-refractivity contribution < 1.29 is 4.42 Å². The Balaban J connectivity index is 0.897. The van der Waals surface area contributed by atoms with Crippen molar-refractivity contribution in [2.45, 2.75) is 0 Å². The van der Waals surface area contributed by atoms with Crippen LogP contribution in [0, 0.1) is 22.7 Å². The standard InChI is InChI=1S/C74H43N5O/c75-44-46-15-19-48(20-16-46)50-23-30-67-60(37-50)62-39-52(25-32-69(62)77(67)56-9-3-1-4-10-56)54-27-34-71-64(41-54)65-42-55(28-35-72(65)79(71)58-29-36-74-66(43-58)59-13-7-8-14-73(59)80-74)53-26-33-70-63(40-53)61-38-51(49-21-17-47(45-76)18-22-49)24-31-68(61)78(70)57-11-5-2-6-12-57/h1-43H. The summed E-state index contributed by atoms with van der Waals surface area (Å²) in [4.78, 5) is 0. The van der Waals surface area contributed by atoms with Gasteiger partial charge in [-0.3, -0.25) is 0 Å². The van der Waals surface area contributed by atoms with Crippen LogP contribution in [-0.4, -0.2) is 13.7 Å². The third-order valence-corrected chi connectivity index (χ3v) is 16.3. The number of nitrogens with zero attached hydrogens (tertiary/aromatic N) is 5. The topological polar surface area (TPSA) is 75.5 Å². The first-order valence-corrected chi connectivity index (χ1v) is 26.8. The number of furan rings is 1. The van der Waals surface area contributed by atoms with Crippen LogP contribution in [0.5, 0.6) is 0 Å². The fourth-order valence-electron chi connectivity index (χ4n) is 12.5. The Morgan fingerprint density at radius 2 is 0.550 bits per heavy atom. The van der Waals surface area contributed by atoms with Crippen LogP contribution in [0.15, 0.2) is 265 Å². The van der Waals surface area contributed by atoms with Crippen LogP contribution in [0.4, 0.5) is 0 Å². The maximum atomic E-state index is 9.55. The van der Waals surface area contributed by atoms with E-state index in [2.05, 4.69) is 226 Å². The molecule has 16 aromatic rings. The summed E-state index contributed by atoms with van der Waals surface area (Å²) in [6, 6.07) is 97.3. The van der Waals surface area contributed by atoms with E-state index in [0.29, 0.717) is 11.1 Å². The van der Waals surface area contributed by atoms with Crippen molar-refractivity contribution in [3.05, 3.63) is 272 Å².